The van der Waals surface area contributed by atoms with Crippen LogP contribution >= 0.6 is 0 Å². The molecule has 0 radical (unpaired) electrons. The summed E-state index contributed by atoms with van der Waals surface area (Å²) in [5.74, 6) is -0.266. The molecule has 1 aromatic heterocycles. The fraction of sp³-hybridized carbons (Fsp3) is 0.167. The van der Waals surface area contributed by atoms with Crippen LogP contribution in [0.3, 0.4) is 0 Å². The van der Waals surface area contributed by atoms with Crippen LogP contribution in [0.25, 0.3) is 0 Å². The van der Waals surface area contributed by atoms with Crippen LogP contribution in [0.15, 0.2) is 30.6 Å². The number of H-pyrrole nitrogens is 1. The second-order valence-corrected chi connectivity index (χ2v) is 3.68. The van der Waals surface area contributed by atoms with Crippen molar-refractivity contribution in [1.82, 2.24) is 10.2 Å². The maximum atomic E-state index is 12.3. The standard InChI is InChI=1S/C12H11F2N3O3/c1-19-8-2-3-10(20-12(13)14)9(4-8)17-11(18)7-5-15-16-6-7/h2-6,12H,1H3,(H,15,16)(H,17,18). The lowest BCUT2D eigenvalue weighted by atomic mass is 10.2. The molecule has 0 saturated carbocycles. The number of benzene rings is 1. The first-order valence-electron chi connectivity index (χ1n) is 5.53. The molecule has 20 heavy (non-hydrogen) atoms. The van der Waals surface area contributed by atoms with Crippen LogP contribution in [0.2, 0.25) is 0 Å². The maximum absolute atomic E-state index is 12.3. The molecule has 0 spiro atoms. The summed E-state index contributed by atoms with van der Waals surface area (Å²) >= 11 is 0. The number of carbonyl (C=O) groups is 1. The Bertz CT molecular complexity index is 588. The van der Waals surface area contributed by atoms with Gasteiger partial charge in [-0.25, -0.2) is 0 Å². The predicted octanol–water partition coefficient (Wildman–Crippen LogP) is 2.27. The van der Waals surface area contributed by atoms with E-state index in [2.05, 4.69) is 20.3 Å². The van der Waals surface area contributed by atoms with Crippen LogP contribution in [0.4, 0.5) is 14.5 Å². The number of ether oxygens (including phenoxy) is 2. The Morgan fingerprint density at radius 1 is 1.45 bits per heavy atom. The number of anilines is 1. The van der Waals surface area contributed by atoms with Crippen LogP contribution in [0.1, 0.15) is 10.4 Å². The molecule has 6 nitrogen and oxygen atoms in total. The van der Waals surface area contributed by atoms with Gasteiger partial charge in [-0.15, -0.1) is 0 Å². The van der Waals surface area contributed by atoms with Gasteiger partial charge < -0.3 is 14.8 Å². The van der Waals surface area contributed by atoms with Gasteiger partial charge in [0.15, 0.2) is 0 Å². The van der Waals surface area contributed by atoms with Crippen molar-refractivity contribution < 1.29 is 23.0 Å². The summed E-state index contributed by atoms with van der Waals surface area (Å²) in [4.78, 5) is 11.9. The van der Waals surface area contributed by atoms with Crippen LogP contribution in [-0.2, 0) is 0 Å². The Morgan fingerprint density at radius 2 is 2.25 bits per heavy atom. The second kappa shape index (κ2) is 6.00. The van der Waals surface area contributed by atoms with Crippen molar-refractivity contribution >= 4 is 11.6 Å². The highest BCUT2D eigenvalue weighted by molar-refractivity contribution is 6.04. The number of nitrogens with zero attached hydrogens (tertiary/aromatic N) is 1. The Balaban J connectivity index is 2.25. The van der Waals surface area contributed by atoms with E-state index in [4.69, 9.17) is 4.74 Å². The van der Waals surface area contributed by atoms with E-state index in [-0.39, 0.29) is 17.0 Å². The molecule has 0 fully saturated rings. The summed E-state index contributed by atoms with van der Waals surface area (Å²) in [6.07, 6.45) is 2.69. The zero-order chi connectivity index (χ0) is 14.5. The summed E-state index contributed by atoms with van der Waals surface area (Å²) in [6, 6.07) is 4.12. The average molecular weight is 283 g/mol. The zero-order valence-electron chi connectivity index (χ0n) is 10.4. The normalized spacial score (nSPS) is 10.4. The SMILES string of the molecule is COc1ccc(OC(F)F)c(NC(=O)c2cn[nH]c2)c1. The molecule has 0 saturated heterocycles. The molecule has 0 aliphatic rings. The zero-order valence-corrected chi connectivity index (χ0v) is 10.4. The maximum Gasteiger partial charge on any atom is 0.387 e. The van der Waals surface area contributed by atoms with Gasteiger partial charge in [-0.3, -0.25) is 9.89 Å². The smallest absolute Gasteiger partial charge is 0.387 e. The van der Waals surface area contributed by atoms with Crippen molar-refractivity contribution in [3.63, 3.8) is 0 Å². The van der Waals surface area contributed by atoms with Gasteiger partial charge in [-0.2, -0.15) is 13.9 Å². The third kappa shape index (κ3) is 3.22. The monoisotopic (exact) mass is 283 g/mol. The lowest BCUT2D eigenvalue weighted by molar-refractivity contribution is -0.0494. The van der Waals surface area contributed by atoms with Crippen LogP contribution < -0.4 is 14.8 Å². The van der Waals surface area contributed by atoms with E-state index in [9.17, 15) is 13.6 Å². The van der Waals surface area contributed by atoms with E-state index in [1.165, 1.54) is 37.7 Å². The third-order valence-corrected chi connectivity index (χ3v) is 2.41. The highest BCUT2D eigenvalue weighted by Gasteiger charge is 2.14. The van der Waals surface area contributed by atoms with E-state index in [0.717, 1.165) is 0 Å². The largest absolute Gasteiger partial charge is 0.497 e. The fourth-order valence-corrected chi connectivity index (χ4v) is 1.50. The molecule has 2 rings (SSSR count). The summed E-state index contributed by atoms with van der Waals surface area (Å²) < 4.78 is 33.9. The highest BCUT2D eigenvalue weighted by atomic mass is 19.3. The number of alkyl halides is 2. The van der Waals surface area contributed by atoms with Gasteiger partial charge in [0.05, 0.1) is 24.6 Å². The Hall–Kier alpha value is -2.64. The minimum Gasteiger partial charge on any atom is -0.497 e. The van der Waals surface area contributed by atoms with Crippen molar-refractivity contribution in [2.24, 2.45) is 0 Å². The number of carbonyl (C=O) groups excluding carboxylic acids is 1. The number of halogens is 2. The first-order valence-corrected chi connectivity index (χ1v) is 5.53. The van der Waals surface area contributed by atoms with Crippen LogP contribution in [-0.4, -0.2) is 29.8 Å². The molecule has 1 heterocycles. The lowest BCUT2D eigenvalue weighted by Crippen LogP contribution is -2.13. The van der Waals surface area contributed by atoms with Gasteiger partial charge in [-0.1, -0.05) is 0 Å². The number of amides is 1. The molecule has 0 bridgehead atoms. The van der Waals surface area contributed by atoms with Crippen molar-refractivity contribution in [2.75, 3.05) is 12.4 Å². The fourth-order valence-electron chi connectivity index (χ4n) is 1.50. The first kappa shape index (κ1) is 13.8. The third-order valence-electron chi connectivity index (χ3n) is 2.41. The van der Waals surface area contributed by atoms with E-state index in [1.807, 2.05) is 0 Å². The molecule has 1 aromatic carbocycles. The van der Waals surface area contributed by atoms with Gasteiger partial charge in [0.25, 0.3) is 5.91 Å². The lowest BCUT2D eigenvalue weighted by Gasteiger charge is -2.12. The Morgan fingerprint density at radius 3 is 2.85 bits per heavy atom. The van der Waals surface area contributed by atoms with Crippen molar-refractivity contribution in [1.29, 1.82) is 0 Å². The Labute approximate surface area is 112 Å². The first-order chi connectivity index (χ1) is 9.60. The van der Waals surface area contributed by atoms with E-state index in [1.54, 1.807) is 0 Å². The van der Waals surface area contributed by atoms with Gasteiger partial charge in [-0.05, 0) is 12.1 Å². The van der Waals surface area contributed by atoms with E-state index in [0.29, 0.717) is 5.75 Å². The average Bonchev–Trinajstić information content (AvgIpc) is 2.94. The molecule has 1 amide bonds. The molecule has 0 atom stereocenters. The van der Waals surface area contributed by atoms with E-state index < -0.39 is 12.5 Å². The Kier molecular flexibility index (Phi) is 4.14. The molecule has 0 unspecified atom stereocenters. The summed E-state index contributed by atoms with van der Waals surface area (Å²) in [5.41, 5.74) is 0.340. The van der Waals surface area contributed by atoms with Gasteiger partial charge in [0.1, 0.15) is 11.5 Å². The minimum atomic E-state index is -2.99. The van der Waals surface area contributed by atoms with E-state index >= 15 is 0 Å². The number of hydrogen-bond donors (Lipinski definition) is 2. The topological polar surface area (TPSA) is 76.2 Å². The number of aromatic amines is 1. The molecule has 0 aliphatic heterocycles. The quantitative estimate of drug-likeness (QED) is 0.882. The van der Waals surface area contributed by atoms with Gasteiger partial charge in [0.2, 0.25) is 0 Å². The van der Waals surface area contributed by atoms with Crippen LogP contribution in [0, 0.1) is 0 Å². The number of rotatable bonds is 5. The molecule has 2 aromatic rings. The second-order valence-electron chi connectivity index (χ2n) is 3.68. The summed E-state index contributed by atoms with van der Waals surface area (Å²) in [6.45, 7) is -2.99. The van der Waals surface area contributed by atoms with Crippen molar-refractivity contribution in [3.05, 3.63) is 36.2 Å². The highest BCUT2D eigenvalue weighted by Crippen LogP contribution is 2.30. The minimum absolute atomic E-state index is 0.0795. The number of aromatic nitrogens is 2. The van der Waals surface area contributed by atoms with Gasteiger partial charge >= 0.3 is 6.61 Å². The molecule has 8 heteroatoms. The number of methoxy groups -OCH3 is 1. The summed E-state index contributed by atoms with van der Waals surface area (Å²) in [5, 5.41) is 8.56. The molecule has 2 N–H and O–H groups in total. The number of nitrogens with one attached hydrogen (secondary N) is 2. The van der Waals surface area contributed by atoms with Gasteiger partial charge in [0, 0.05) is 12.3 Å². The number of hydrogen-bond acceptors (Lipinski definition) is 4. The molecular formula is C12H11F2N3O3. The van der Waals surface area contributed by atoms with Crippen molar-refractivity contribution in [2.45, 2.75) is 6.61 Å². The van der Waals surface area contributed by atoms with Crippen molar-refractivity contribution in [3.8, 4) is 11.5 Å². The predicted molar refractivity (Wildman–Crippen MR) is 66.2 cm³/mol. The molecular weight excluding hydrogens is 272 g/mol. The molecule has 106 valence electrons. The molecule has 0 aliphatic carbocycles. The summed E-state index contributed by atoms with van der Waals surface area (Å²) in [7, 11) is 1.42. The van der Waals surface area contributed by atoms with Crippen LogP contribution in [0.5, 0.6) is 11.5 Å².